The lowest BCUT2D eigenvalue weighted by Crippen LogP contribution is -2.51. The molecule has 1 aliphatic carbocycles. The largest absolute Gasteiger partial charge is 0.508 e. The molecule has 9 nitrogen and oxygen atoms in total. The van der Waals surface area contributed by atoms with Gasteiger partial charge in [-0.2, -0.15) is 23.1 Å². The van der Waals surface area contributed by atoms with Gasteiger partial charge in [-0.1, -0.05) is 25.1 Å². The molecule has 13 heteroatoms. The van der Waals surface area contributed by atoms with Crippen molar-refractivity contribution in [2.24, 2.45) is 11.3 Å². The number of nitrogens with one attached hydrogen (secondary N) is 1. The first kappa shape index (κ1) is 32.2. The maximum absolute atomic E-state index is 17.1. The molecule has 4 aliphatic rings. The molecule has 3 unspecified atom stereocenters. The number of aromatic hydroxyl groups is 1. The molecule has 2 N–H and O–H groups in total. The summed E-state index contributed by atoms with van der Waals surface area (Å²) in [6.07, 6.45) is -0.471. The highest BCUT2D eigenvalue weighted by Crippen LogP contribution is 2.48. The minimum atomic E-state index is -4.51. The van der Waals surface area contributed by atoms with Crippen LogP contribution in [-0.2, 0) is 6.42 Å². The smallest absolute Gasteiger partial charge is 0.393 e. The lowest BCUT2D eigenvalue weighted by Gasteiger charge is -2.34. The first-order valence-corrected chi connectivity index (χ1v) is 17.1. The molecule has 0 radical (unpaired) electrons. The van der Waals surface area contributed by atoms with Crippen LogP contribution in [0.15, 0.2) is 30.3 Å². The second-order valence-corrected chi connectivity index (χ2v) is 14.6. The molecule has 260 valence electrons. The Morgan fingerprint density at radius 2 is 1.80 bits per heavy atom. The third-order valence-corrected chi connectivity index (χ3v) is 10.6. The molecule has 5 heterocycles. The summed E-state index contributed by atoms with van der Waals surface area (Å²) in [5.74, 6) is 0.0582. The zero-order chi connectivity index (χ0) is 34.1. The van der Waals surface area contributed by atoms with Gasteiger partial charge in [-0.05, 0) is 73.0 Å². The summed E-state index contributed by atoms with van der Waals surface area (Å²) in [7, 11) is 1.41. The molecule has 49 heavy (non-hydrogen) atoms. The molecule has 3 aliphatic heterocycles. The number of fused-ring (bicyclic) bond motifs is 4. The van der Waals surface area contributed by atoms with Gasteiger partial charge in [-0.3, -0.25) is 0 Å². The number of phenolic OH excluding ortho intramolecular Hbond substituents is 1. The number of rotatable bonds is 9. The number of pyridine rings is 1. The Morgan fingerprint density at radius 3 is 2.47 bits per heavy atom. The number of hydrogen-bond acceptors (Lipinski definition) is 9. The fraction of sp³-hybridized carbons (Fsp3) is 0.528. The molecule has 3 saturated heterocycles. The fourth-order valence-electron chi connectivity index (χ4n) is 8.12. The monoisotopic (exact) mass is 680 g/mol. The Kier molecular flexibility index (Phi) is 7.97. The van der Waals surface area contributed by atoms with E-state index in [4.69, 9.17) is 14.5 Å². The lowest BCUT2D eigenvalue weighted by atomic mass is 9.94. The minimum Gasteiger partial charge on any atom is -0.508 e. The zero-order valence-electron chi connectivity index (χ0n) is 27.6. The zero-order valence-corrected chi connectivity index (χ0v) is 27.6. The molecular formula is C36H40F4N6O3. The van der Waals surface area contributed by atoms with Crippen molar-refractivity contribution in [2.45, 2.75) is 63.7 Å². The normalized spacial score (nSPS) is 23.5. The van der Waals surface area contributed by atoms with E-state index in [1.165, 1.54) is 37.8 Å². The van der Waals surface area contributed by atoms with Crippen molar-refractivity contribution >= 4 is 27.5 Å². The van der Waals surface area contributed by atoms with E-state index < -0.39 is 18.4 Å². The predicted molar refractivity (Wildman–Crippen MR) is 178 cm³/mol. The van der Waals surface area contributed by atoms with Crippen LogP contribution in [0.5, 0.6) is 17.6 Å². The number of hydrogen-bond donors (Lipinski definition) is 2. The molecule has 2 aromatic heterocycles. The third kappa shape index (κ3) is 6.31. The summed E-state index contributed by atoms with van der Waals surface area (Å²) in [4.78, 5) is 18.6. The quantitative estimate of drug-likeness (QED) is 0.199. The topological polar surface area (TPSA) is 95.9 Å². The SMILES string of the molecule is COc1nc(-c2cc(O)cc3cccc(CC(F)(F)F)c23)c(F)c2nc(OCC3(CN4CCC(C)C4)CC3)nc(N3CC4CCC(C3)N4)c12. The first-order chi connectivity index (χ1) is 23.5. The van der Waals surface area contributed by atoms with Crippen LogP contribution in [0, 0.1) is 17.2 Å². The summed E-state index contributed by atoms with van der Waals surface area (Å²) in [6.45, 7) is 7.02. The van der Waals surface area contributed by atoms with Crippen molar-refractivity contribution in [3.8, 4) is 28.9 Å². The molecular weight excluding hydrogens is 640 g/mol. The van der Waals surface area contributed by atoms with Crippen molar-refractivity contribution < 1.29 is 32.1 Å². The van der Waals surface area contributed by atoms with Gasteiger partial charge in [0.25, 0.3) is 0 Å². The maximum Gasteiger partial charge on any atom is 0.393 e. The van der Waals surface area contributed by atoms with Gasteiger partial charge in [0, 0.05) is 49.2 Å². The molecule has 0 spiro atoms. The Balaban J connectivity index is 1.26. The summed E-state index contributed by atoms with van der Waals surface area (Å²) >= 11 is 0. The number of ether oxygens (including phenoxy) is 2. The number of piperazine rings is 1. The summed E-state index contributed by atoms with van der Waals surface area (Å²) in [5, 5.41) is 15.0. The number of benzene rings is 2. The molecule has 0 amide bonds. The van der Waals surface area contributed by atoms with E-state index in [9.17, 15) is 18.3 Å². The van der Waals surface area contributed by atoms with Crippen LogP contribution >= 0.6 is 0 Å². The summed E-state index contributed by atoms with van der Waals surface area (Å²) < 4.78 is 70.3. The van der Waals surface area contributed by atoms with Gasteiger partial charge in [0.15, 0.2) is 5.82 Å². The Bertz CT molecular complexity index is 1910. The van der Waals surface area contributed by atoms with Crippen LogP contribution in [0.25, 0.3) is 32.9 Å². The Morgan fingerprint density at radius 1 is 1.02 bits per heavy atom. The van der Waals surface area contributed by atoms with Crippen LogP contribution in [0.2, 0.25) is 0 Å². The minimum absolute atomic E-state index is 0.00664. The van der Waals surface area contributed by atoms with E-state index in [0.29, 0.717) is 36.8 Å². The number of halogens is 4. The number of alkyl halides is 3. The van der Waals surface area contributed by atoms with Gasteiger partial charge >= 0.3 is 12.2 Å². The van der Waals surface area contributed by atoms with Gasteiger partial charge in [-0.15, -0.1) is 0 Å². The number of anilines is 1. The van der Waals surface area contributed by atoms with Crippen LogP contribution in [0.4, 0.5) is 23.4 Å². The van der Waals surface area contributed by atoms with Gasteiger partial charge in [0.2, 0.25) is 5.88 Å². The van der Waals surface area contributed by atoms with E-state index in [0.717, 1.165) is 45.3 Å². The standard InChI is InChI=1S/C36H40F4N6O3/c1-20-8-11-45(15-20)18-35(9-10-35)19-49-34-43-31-28(32(44-34)46-16-23-6-7-24(17-46)41-23)33(48-2)42-30(29(31)37)26-13-25(47)12-21-4-3-5-22(27(21)26)14-36(38,39)40/h3-5,12-13,20,23-24,41,47H,6-11,14-19H2,1-2H3. The van der Waals surface area contributed by atoms with Gasteiger partial charge in [0.1, 0.15) is 28.2 Å². The van der Waals surface area contributed by atoms with Crippen LogP contribution < -0.4 is 19.7 Å². The molecule has 1 saturated carbocycles. The maximum atomic E-state index is 17.1. The van der Waals surface area contributed by atoms with Crippen LogP contribution in [-0.4, -0.2) is 89.7 Å². The Labute approximate surface area is 281 Å². The average molecular weight is 681 g/mol. The van der Waals surface area contributed by atoms with Crippen molar-refractivity contribution in [3.63, 3.8) is 0 Å². The molecule has 4 aromatic rings. The first-order valence-electron chi connectivity index (χ1n) is 17.1. The van der Waals surface area contributed by atoms with Crippen molar-refractivity contribution in [2.75, 3.05) is 51.3 Å². The number of phenols is 1. The van der Waals surface area contributed by atoms with Crippen molar-refractivity contribution in [1.29, 1.82) is 0 Å². The highest BCUT2D eigenvalue weighted by molar-refractivity contribution is 6.03. The van der Waals surface area contributed by atoms with Gasteiger partial charge in [0.05, 0.1) is 20.1 Å². The van der Waals surface area contributed by atoms with E-state index in [2.05, 4.69) is 32.0 Å². The molecule has 8 rings (SSSR count). The van der Waals surface area contributed by atoms with E-state index >= 15 is 4.39 Å². The van der Waals surface area contributed by atoms with Crippen LogP contribution in [0.1, 0.15) is 44.6 Å². The number of methoxy groups -OCH3 is 1. The summed E-state index contributed by atoms with van der Waals surface area (Å²) in [5.41, 5.74) is -0.447. The molecule has 4 fully saturated rings. The number of likely N-dealkylation sites (tertiary alicyclic amines) is 1. The second kappa shape index (κ2) is 12.1. The predicted octanol–water partition coefficient (Wildman–Crippen LogP) is 6.24. The average Bonchev–Trinajstić information content (AvgIpc) is 3.57. The van der Waals surface area contributed by atoms with Crippen LogP contribution in [0.3, 0.4) is 0 Å². The van der Waals surface area contributed by atoms with Gasteiger partial charge in [-0.25, -0.2) is 9.37 Å². The molecule has 3 atom stereocenters. The van der Waals surface area contributed by atoms with E-state index in [-0.39, 0.29) is 68.2 Å². The van der Waals surface area contributed by atoms with Crippen molar-refractivity contribution in [1.82, 2.24) is 25.2 Å². The highest BCUT2D eigenvalue weighted by Gasteiger charge is 2.46. The van der Waals surface area contributed by atoms with E-state index in [1.54, 1.807) is 6.07 Å². The Hall–Kier alpha value is -3.97. The lowest BCUT2D eigenvalue weighted by molar-refractivity contribution is -0.127. The second-order valence-electron chi connectivity index (χ2n) is 14.6. The van der Waals surface area contributed by atoms with Crippen molar-refractivity contribution in [3.05, 3.63) is 41.7 Å². The third-order valence-electron chi connectivity index (χ3n) is 10.6. The number of aromatic nitrogens is 3. The summed E-state index contributed by atoms with van der Waals surface area (Å²) in [6, 6.07) is 7.55. The fourth-order valence-corrected chi connectivity index (χ4v) is 8.12. The van der Waals surface area contributed by atoms with Gasteiger partial charge < -0.3 is 29.7 Å². The highest BCUT2D eigenvalue weighted by atomic mass is 19.4. The molecule has 2 aromatic carbocycles. The number of nitrogens with zero attached hydrogens (tertiary/aromatic N) is 5. The molecule has 2 bridgehead atoms. The van der Waals surface area contributed by atoms with E-state index in [1.807, 2.05) is 0 Å².